The molecular weight excluding hydrogens is 340 g/mol. The maximum atomic E-state index is 11.4. The molecular formula is C22H28N2O3. The van der Waals surface area contributed by atoms with Crippen LogP contribution in [0.3, 0.4) is 0 Å². The highest BCUT2D eigenvalue weighted by molar-refractivity contribution is 5.92. The van der Waals surface area contributed by atoms with Crippen molar-refractivity contribution >= 4 is 22.8 Å². The molecule has 1 aliphatic rings. The molecule has 0 bridgehead atoms. The van der Waals surface area contributed by atoms with Crippen LogP contribution in [0.25, 0.3) is 16.8 Å². The van der Waals surface area contributed by atoms with Gasteiger partial charge in [0.15, 0.2) is 0 Å². The maximum Gasteiger partial charge on any atom is 0.234 e. The molecule has 144 valence electrons. The highest BCUT2D eigenvalue weighted by Gasteiger charge is 2.19. The molecule has 1 fully saturated rings. The van der Waals surface area contributed by atoms with Crippen molar-refractivity contribution in [3.63, 3.8) is 0 Å². The molecule has 0 aromatic heterocycles. The van der Waals surface area contributed by atoms with Crippen LogP contribution in [0.15, 0.2) is 42.5 Å². The lowest BCUT2D eigenvalue weighted by Gasteiger charge is -2.28. The number of nitrogens with zero attached hydrogens (tertiary/aromatic N) is 1. The number of carbonyl (C=O) groups excluding carboxylic acids is 1. The number of rotatable bonds is 8. The molecule has 1 atom stereocenters. The van der Waals surface area contributed by atoms with Gasteiger partial charge in [-0.25, -0.2) is 0 Å². The molecule has 1 heterocycles. The summed E-state index contributed by atoms with van der Waals surface area (Å²) in [5.41, 5.74) is 1.12. The number of hydrogen-bond acceptors (Lipinski definition) is 4. The monoisotopic (exact) mass is 368 g/mol. The average Bonchev–Trinajstić information content (AvgIpc) is 2.66. The highest BCUT2D eigenvalue weighted by atomic mass is 16.5. The molecule has 1 amide bonds. The van der Waals surface area contributed by atoms with Gasteiger partial charge in [-0.05, 0) is 34.9 Å². The van der Waals surface area contributed by atoms with Gasteiger partial charge < -0.3 is 15.2 Å². The number of unbranched alkanes of at least 4 members (excludes halogenated alkanes) is 1. The molecule has 0 radical (unpaired) electrons. The topological polar surface area (TPSA) is 61.8 Å². The number of amides is 1. The fraction of sp³-hybridized carbons (Fsp3) is 0.409. The van der Waals surface area contributed by atoms with Crippen molar-refractivity contribution in [2.45, 2.75) is 25.9 Å². The van der Waals surface area contributed by atoms with Crippen LogP contribution in [0.4, 0.5) is 0 Å². The summed E-state index contributed by atoms with van der Waals surface area (Å²) in [4.78, 5) is 13.4. The second-order valence-corrected chi connectivity index (χ2v) is 6.97. The van der Waals surface area contributed by atoms with Crippen LogP contribution in [0.2, 0.25) is 0 Å². The van der Waals surface area contributed by atoms with Crippen molar-refractivity contribution in [1.82, 2.24) is 10.2 Å². The predicted octanol–water partition coefficient (Wildman–Crippen LogP) is 2.82. The zero-order chi connectivity index (χ0) is 19.1. The third kappa shape index (κ3) is 5.55. The van der Waals surface area contributed by atoms with E-state index in [1.807, 2.05) is 29.2 Å². The van der Waals surface area contributed by atoms with Gasteiger partial charge in [0.05, 0.1) is 6.54 Å². The van der Waals surface area contributed by atoms with Gasteiger partial charge in [-0.3, -0.25) is 9.69 Å². The molecule has 2 N–H and O–H groups in total. The van der Waals surface area contributed by atoms with Crippen molar-refractivity contribution in [2.75, 3.05) is 32.8 Å². The van der Waals surface area contributed by atoms with Crippen molar-refractivity contribution in [2.24, 2.45) is 0 Å². The zero-order valence-corrected chi connectivity index (χ0v) is 15.9. The first-order valence-corrected chi connectivity index (χ1v) is 9.65. The second-order valence-electron chi connectivity index (χ2n) is 6.97. The van der Waals surface area contributed by atoms with Crippen LogP contribution in [0.1, 0.15) is 25.3 Å². The standard InChI is InChI=1S/C22H28N2O3/c1-2-3-4-7-17-12-20(13-18-8-5-6-9-21(17)18)27-16-19(25)14-24-11-10-23-22(26)15-24/h4-9,12-13,19,25H,2-3,10-11,14-16H2,1H3,(H,23,26)/b7-4+. The van der Waals surface area contributed by atoms with E-state index in [1.54, 1.807) is 0 Å². The first kappa shape index (κ1) is 19.4. The van der Waals surface area contributed by atoms with E-state index in [0.717, 1.165) is 36.1 Å². The summed E-state index contributed by atoms with van der Waals surface area (Å²) in [5, 5.41) is 15.4. The lowest BCUT2D eigenvalue weighted by atomic mass is 10.0. The minimum absolute atomic E-state index is 0.00686. The van der Waals surface area contributed by atoms with Crippen LogP contribution >= 0.6 is 0 Å². The molecule has 0 saturated carbocycles. The minimum Gasteiger partial charge on any atom is -0.491 e. The number of carbonyl (C=O) groups is 1. The molecule has 1 saturated heterocycles. The van der Waals surface area contributed by atoms with E-state index in [9.17, 15) is 9.90 Å². The molecule has 27 heavy (non-hydrogen) atoms. The molecule has 3 rings (SSSR count). The number of nitrogens with one attached hydrogen (secondary N) is 1. The van der Waals surface area contributed by atoms with E-state index >= 15 is 0 Å². The van der Waals surface area contributed by atoms with Gasteiger partial charge in [0, 0.05) is 19.6 Å². The summed E-state index contributed by atoms with van der Waals surface area (Å²) in [7, 11) is 0. The fourth-order valence-corrected chi connectivity index (χ4v) is 3.30. The number of fused-ring (bicyclic) bond motifs is 1. The smallest absolute Gasteiger partial charge is 0.234 e. The number of ether oxygens (including phenoxy) is 1. The van der Waals surface area contributed by atoms with Crippen molar-refractivity contribution in [3.05, 3.63) is 48.0 Å². The van der Waals surface area contributed by atoms with Gasteiger partial charge in [-0.1, -0.05) is 49.8 Å². The lowest BCUT2D eigenvalue weighted by Crippen LogP contribution is -2.50. The number of benzene rings is 2. The van der Waals surface area contributed by atoms with E-state index in [0.29, 0.717) is 19.6 Å². The molecule has 0 spiro atoms. The Morgan fingerprint density at radius 1 is 1.33 bits per heavy atom. The van der Waals surface area contributed by atoms with Crippen LogP contribution in [0.5, 0.6) is 5.75 Å². The first-order valence-electron chi connectivity index (χ1n) is 9.65. The summed E-state index contributed by atoms with van der Waals surface area (Å²) in [6.45, 7) is 4.52. The molecule has 1 unspecified atom stereocenters. The van der Waals surface area contributed by atoms with E-state index in [2.05, 4.69) is 36.5 Å². The third-order valence-electron chi connectivity index (χ3n) is 4.65. The maximum absolute atomic E-state index is 11.4. The summed E-state index contributed by atoms with van der Waals surface area (Å²) in [6.07, 6.45) is 5.84. The van der Waals surface area contributed by atoms with Gasteiger partial charge in [0.25, 0.3) is 0 Å². The van der Waals surface area contributed by atoms with Crippen molar-refractivity contribution in [3.8, 4) is 5.75 Å². The van der Waals surface area contributed by atoms with Crippen molar-refractivity contribution < 1.29 is 14.6 Å². The first-order chi connectivity index (χ1) is 13.2. The number of hydrogen-bond donors (Lipinski definition) is 2. The van der Waals surface area contributed by atoms with Gasteiger partial charge in [0.1, 0.15) is 18.5 Å². The number of allylic oxidation sites excluding steroid dienone is 1. The Hall–Kier alpha value is -2.37. The molecule has 5 nitrogen and oxygen atoms in total. The lowest BCUT2D eigenvalue weighted by molar-refractivity contribution is -0.124. The molecule has 2 aromatic rings. The Morgan fingerprint density at radius 3 is 3.00 bits per heavy atom. The van der Waals surface area contributed by atoms with E-state index in [1.165, 1.54) is 5.39 Å². The summed E-state index contributed by atoms with van der Waals surface area (Å²) >= 11 is 0. The summed E-state index contributed by atoms with van der Waals surface area (Å²) < 4.78 is 5.88. The predicted molar refractivity (Wildman–Crippen MR) is 109 cm³/mol. The van der Waals surface area contributed by atoms with Gasteiger partial charge in [-0.2, -0.15) is 0 Å². The van der Waals surface area contributed by atoms with Crippen LogP contribution in [-0.4, -0.2) is 54.8 Å². The Balaban J connectivity index is 1.66. The van der Waals surface area contributed by atoms with Crippen LogP contribution in [-0.2, 0) is 4.79 Å². The number of aliphatic hydroxyl groups excluding tert-OH is 1. The largest absolute Gasteiger partial charge is 0.491 e. The second kappa shape index (κ2) is 9.53. The highest BCUT2D eigenvalue weighted by Crippen LogP contribution is 2.27. The Morgan fingerprint density at radius 2 is 2.19 bits per heavy atom. The molecule has 0 aliphatic carbocycles. The molecule has 5 heteroatoms. The van der Waals surface area contributed by atoms with Gasteiger partial charge in [0.2, 0.25) is 5.91 Å². The zero-order valence-electron chi connectivity index (χ0n) is 15.9. The number of piperazine rings is 1. The molecule has 1 aliphatic heterocycles. The summed E-state index contributed by atoms with van der Waals surface area (Å²) in [5.74, 6) is 0.757. The van der Waals surface area contributed by atoms with Gasteiger partial charge >= 0.3 is 0 Å². The average molecular weight is 368 g/mol. The molecule has 2 aromatic carbocycles. The summed E-state index contributed by atoms with van der Waals surface area (Å²) in [6, 6.07) is 12.3. The van der Waals surface area contributed by atoms with Crippen LogP contribution in [0, 0.1) is 0 Å². The number of β-amino-alcohol motifs (C(OH)–C–C–N with tert-alkyl or cyclic N) is 1. The van der Waals surface area contributed by atoms with Gasteiger partial charge in [-0.15, -0.1) is 0 Å². The normalized spacial score (nSPS) is 16.6. The fourth-order valence-electron chi connectivity index (χ4n) is 3.30. The Labute approximate surface area is 160 Å². The Kier molecular flexibility index (Phi) is 6.85. The Bertz CT molecular complexity index is 803. The van der Waals surface area contributed by atoms with E-state index < -0.39 is 6.10 Å². The van der Waals surface area contributed by atoms with Crippen molar-refractivity contribution in [1.29, 1.82) is 0 Å². The SMILES string of the molecule is CCC/C=C/c1cc(OCC(O)CN2CCNC(=O)C2)cc2ccccc12. The van der Waals surface area contributed by atoms with Crippen LogP contribution < -0.4 is 10.1 Å². The minimum atomic E-state index is -0.638. The quantitative estimate of drug-likeness (QED) is 0.752. The van der Waals surface area contributed by atoms with E-state index in [4.69, 9.17) is 4.74 Å². The van der Waals surface area contributed by atoms with E-state index in [-0.39, 0.29) is 12.5 Å². The third-order valence-corrected chi connectivity index (χ3v) is 4.65. The number of aliphatic hydroxyl groups is 1.